The summed E-state index contributed by atoms with van der Waals surface area (Å²) < 4.78 is 50.1. The standard InChI is InChI=1S/C11H15F2NO2S/c1-11(2,6-14)7-17(15,16)10-5-8(12)3-4-9(10)13/h3-5H,6-7,14H2,1-2H3. The van der Waals surface area contributed by atoms with E-state index in [0.717, 1.165) is 12.1 Å². The first-order chi connectivity index (χ1) is 7.68. The zero-order valence-corrected chi connectivity index (χ0v) is 10.5. The van der Waals surface area contributed by atoms with Crippen LogP contribution >= 0.6 is 0 Å². The lowest BCUT2D eigenvalue weighted by molar-refractivity contribution is 0.423. The number of rotatable bonds is 4. The Morgan fingerprint density at radius 1 is 1.29 bits per heavy atom. The van der Waals surface area contributed by atoms with Crippen LogP contribution in [0.15, 0.2) is 23.1 Å². The molecule has 1 aromatic rings. The number of hydrogen-bond donors (Lipinski definition) is 1. The number of nitrogens with two attached hydrogens (primary N) is 1. The van der Waals surface area contributed by atoms with Crippen molar-refractivity contribution in [1.82, 2.24) is 0 Å². The van der Waals surface area contributed by atoms with Crippen LogP contribution in [0.2, 0.25) is 0 Å². The fourth-order valence-electron chi connectivity index (χ4n) is 1.37. The molecule has 1 rings (SSSR count). The van der Waals surface area contributed by atoms with Crippen LogP contribution in [-0.2, 0) is 9.84 Å². The molecule has 0 saturated carbocycles. The average molecular weight is 263 g/mol. The molecule has 0 aliphatic heterocycles. The molecule has 1 aromatic carbocycles. The van der Waals surface area contributed by atoms with Crippen LogP contribution < -0.4 is 5.73 Å². The van der Waals surface area contributed by atoms with E-state index in [1.54, 1.807) is 13.8 Å². The van der Waals surface area contributed by atoms with Gasteiger partial charge in [0.15, 0.2) is 9.84 Å². The molecule has 96 valence electrons. The van der Waals surface area contributed by atoms with Gasteiger partial charge in [-0.05, 0) is 30.2 Å². The highest BCUT2D eigenvalue weighted by Crippen LogP contribution is 2.24. The van der Waals surface area contributed by atoms with Gasteiger partial charge in [0.2, 0.25) is 0 Å². The van der Waals surface area contributed by atoms with Gasteiger partial charge in [-0.3, -0.25) is 0 Å². The Labute approximate surface area is 99.6 Å². The highest BCUT2D eigenvalue weighted by Gasteiger charge is 2.28. The molecule has 0 fully saturated rings. The Morgan fingerprint density at radius 2 is 1.88 bits per heavy atom. The summed E-state index contributed by atoms with van der Waals surface area (Å²) in [5.41, 5.74) is 4.74. The Bertz CT molecular complexity index is 512. The van der Waals surface area contributed by atoms with Crippen molar-refractivity contribution in [2.24, 2.45) is 11.1 Å². The summed E-state index contributed by atoms with van der Waals surface area (Å²) in [7, 11) is -3.88. The van der Waals surface area contributed by atoms with Gasteiger partial charge in [0, 0.05) is 0 Å². The molecule has 6 heteroatoms. The van der Waals surface area contributed by atoms with Crippen LogP contribution in [0, 0.1) is 17.0 Å². The van der Waals surface area contributed by atoms with Crippen molar-refractivity contribution in [2.45, 2.75) is 18.7 Å². The minimum Gasteiger partial charge on any atom is -0.330 e. The normalized spacial score (nSPS) is 12.8. The summed E-state index contributed by atoms with van der Waals surface area (Å²) in [6.07, 6.45) is 0. The molecule has 0 bridgehead atoms. The van der Waals surface area contributed by atoms with Crippen LogP contribution in [0.4, 0.5) is 8.78 Å². The van der Waals surface area contributed by atoms with E-state index in [0.29, 0.717) is 6.07 Å². The van der Waals surface area contributed by atoms with E-state index in [9.17, 15) is 17.2 Å². The van der Waals surface area contributed by atoms with Crippen molar-refractivity contribution in [2.75, 3.05) is 12.3 Å². The van der Waals surface area contributed by atoms with E-state index in [-0.39, 0.29) is 12.3 Å². The first-order valence-electron chi connectivity index (χ1n) is 5.06. The van der Waals surface area contributed by atoms with Crippen LogP contribution in [0.3, 0.4) is 0 Å². The lowest BCUT2D eigenvalue weighted by atomic mass is 9.97. The second-order valence-electron chi connectivity index (χ2n) is 4.70. The van der Waals surface area contributed by atoms with E-state index >= 15 is 0 Å². The van der Waals surface area contributed by atoms with Crippen LogP contribution in [0.25, 0.3) is 0 Å². The van der Waals surface area contributed by atoms with Gasteiger partial charge in [-0.15, -0.1) is 0 Å². The number of hydrogen-bond acceptors (Lipinski definition) is 3. The highest BCUT2D eigenvalue weighted by molar-refractivity contribution is 7.91. The summed E-state index contributed by atoms with van der Waals surface area (Å²) >= 11 is 0. The Morgan fingerprint density at radius 3 is 2.41 bits per heavy atom. The van der Waals surface area contributed by atoms with Crippen molar-refractivity contribution in [3.05, 3.63) is 29.8 Å². The molecule has 0 aliphatic rings. The predicted molar refractivity (Wildman–Crippen MR) is 61.2 cm³/mol. The topological polar surface area (TPSA) is 60.2 Å². The van der Waals surface area contributed by atoms with Crippen LogP contribution in [-0.4, -0.2) is 20.7 Å². The van der Waals surface area contributed by atoms with Gasteiger partial charge in [0.25, 0.3) is 0 Å². The fourth-order valence-corrected chi connectivity index (χ4v) is 3.33. The molecule has 0 saturated heterocycles. The van der Waals surface area contributed by atoms with Gasteiger partial charge >= 0.3 is 0 Å². The largest absolute Gasteiger partial charge is 0.330 e. The van der Waals surface area contributed by atoms with Crippen molar-refractivity contribution in [3.8, 4) is 0 Å². The molecule has 0 aliphatic carbocycles. The molecular formula is C11H15F2NO2S. The quantitative estimate of drug-likeness (QED) is 0.899. The van der Waals surface area contributed by atoms with Gasteiger partial charge in [-0.2, -0.15) is 0 Å². The lowest BCUT2D eigenvalue weighted by Crippen LogP contribution is -2.32. The summed E-state index contributed by atoms with van der Waals surface area (Å²) in [6, 6.07) is 2.37. The number of sulfone groups is 1. The second kappa shape index (κ2) is 4.70. The first kappa shape index (κ1) is 14.1. The SMILES string of the molecule is CC(C)(CN)CS(=O)(=O)c1cc(F)ccc1F. The monoisotopic (exact) mass is 263 g/mol. The molecule has 0 spiro atoms. The first-order valence-corrected chi connectivity index (χ1v) is 6.71. The van der Waals surface area contributed by atoms with Crippen molar-refractivity contribution in [1.29, 1.82) is 0 Å². The van der Waals surface area contributed by atoms with Gasteiger partial charge in [0.1, 0.15) is 16.5 Å². The number of benzene rings is 1. The molecule has 0 aromatic heterocycles. The summed E-state index contributed by atoms with van der Waals surface area (Å²) in [6.45, 7) is 3.45. The van der Waals surface area contributed by atoms with E-state index < -0.39 is 31.8 Å². The lowest BCUT2D eigenvalue weighted by Gasteiger charge is -2.22. The molecular weight excluding hydrogens is 248 g/mol. The maximum Gasteiger partial charge on any atom is 0.181 e. The van der Waals surface area contributed by atoms with Crippen LogP contribution in [0.1, 0.15) is 13.8 Å². The zero-order chi connectivity index (χ0) is 13.3. The molecule has 17 heavy (non-hydrogen) atoms. The fraction of sp³-hybridized carbons (Fsp3) is 0.455. The van der Waals surface area contributed by atoms with E-state index in [1.165, 1.54) is 0 Å². The van der Waals surface area contributed by atoms with Crippen molar-refractivity contribution in [3.63, 3.8) is 0 Å². The molecule has 0 amide bonds. The number of halogens is 2. The minimum atomic E-state index is -3.88. The van der Waals surface area contributed by atoms with E-state index in [4.69, 9.17) is 5.73 Å². The molecule has 3 nitrogen and oxygen atoms in total. The molecule has 0 unspecified atom stereocenters. The Kier molecular flexibility index (Phi) is 3.88. The molecule has 0 atom stereocenters. The van der Waals surface area contributed by atoms with Gasteiger partial charge < -0.3 is 5.73 Å². The maximum absolute atomic E-state index is 13.4. The van der Waals surface area contributed by atoms with Crippen molar-refractivity contribution < 1.29 is 17.2 Å². The molecule has 0 heterocycles. The van der Waals surface area contributed by atoms with Gasteiger partial charge in [-0.25, -0.2) is 17.2 Å². The second-order valence-corrected chi connectivity index (χ2v) is 6.66. The molecule has 2 N–H and O–H groups in total. The smallest absolute Gasteiger partial charge is 0.181 e. The maximum atomic E-state index is 13.4. The third kappa shape index (κ3) is 3.47. The zero-order valence-electron chi connectivity index (χ0n) is 9.70. The Hall–Kier alpha value is -1.01. The average Bonchev–Trinajstić information content (AvgIpc) is 2.20. The van der Waals surface area contributed by atoms with E-state index in [2.05, 4.69) is 0 Å². The predicted octanol–water partition coefficient (Wildman–Crippen LogP) is 1.72. The molecule has 0 radical (unpaired) electrons. The van der Waals surface area contributed by atoms with Crippen molar-refractivity contribution >= 4 is 9.84 Å². The minimum absolute atomic E-state index is 0.142. The van der Waals surface area contributed by atoms with Crippen LogP contribution in [0.5, 0.6) is 0 Å². The Balaban J connectivity index is 3.18. The third-order valence-electron chi connectivity index (χ3n) is 2.36. The van der Waals surface area contributed by atoms with Gasteiger partial charge in [0.05, 0.1) is 5.75 Å². The highest BCUT2D eigenvalue weighted by atomic mass is 32.2. The summed E-state index contributed by atoms with van der Waals surface area (Å²) in [5, 5.41) is 0. The summed E-state index contributed by atoms with van der Waals surface area (Å²) in [4.78, 5) is -0.612. The van der Waals surface area contributed by atoms with Gasteiger partial charge in [-0.1, -0.05) is 13.8 Å². The third-order valence-corrected chi connectivity index (χ3v) is 4.51. The summed E-state index contributed by atoms with van der Waals surface area (Å²) in [5.74, 6) is -2.05. The van der Waals surface area contributed by atoms with E-state index in [1.807, 2.05) is 0 Å².